The van der Waals surface area contributed by atoms with E-state index in [1.54, 1.807) is 24.3 Å². The van der Waals surface area contributed by atoms with Gasteiger partial charge in [-0.05, 0) is 36.4 Å². The van der Waals surface area contributed by atoms with E-state index in [1.807, 2.05) is 0 Å². The Morgan fingerprint density at radius 1 is 1.10 bits per heavy atom. The molecule has 0 aliphatic carbocycles. The third kappa shape index (κ3) is 5.22. The zero-order valence-corrected chi connectivity index (χ0v) is 16.3. The number of aliphatic hydroxyl groups is 1. The summed E-state index contributed by atoms with van der Waals surface area (Å²) in [7, 11) is 0. The van der Waals surface area contributed by atoms with E-state index in [4.69, 9.17) is 5.11 Å². The van der Waals surface area contributed by atoms with Crippen LogP contribution < -0.4 is 10.6 Å². The molecule has 0 aromatic heterocycles. The van der Waals surface area contributed by atoms with Crippen LogP contribution in [0.4, 0.5) is 20.2 Å². The normalized spacial score (nSPS) is 13.4. The number of benzene rings is 2. The summed E-state index contributed by atoms with van der Waals surface area (Å²) in [5, 5.41) is 14.1. The average Bonchev–Trinajstić information content (AvgIpc) is 2.98. The van der Waals surface area contributed by atoms with E-state index in [9.17, 15) is 23.2 Å². The molecule has 0 radical (unpaired) electrons. The zero-order valence-electron chi connectivity index (χ0n) is 15.5. The van der Waals surface area contributed by atoms with Crippen molar-refractivity contribution in [2.45, 2.75) is 4.90 Å². The third-order valence-corrected chi connectivity index (χ3v) is 5.05. The lowest BCUT2D eigenvalue weighted by atomic mass is 10.3. The molecule has 10 heteroatoms. The number of imide groups is 1. The molecule has 0 fully saturated rings. The molecule has 3 rings (SSSR count). The van der Waals surface area contributed by atoms with Crippen LogP contribution in [-0.2, 0) is 14.4 Å². The van der Waals surface area contributed by atoms with Crippen molar-refractivity contribution in [3.8, 4) is 0 Å². The molecule has 7 nitrogen and oxygen atoms in total. The molecule has 0 saturated carbocycles. The van der Waals surface area contributed by atoms with E-state index >= 15 is 0 Å². The van der Waals surface area contributed by atoms with Crippen LogP contribution >= 0.6 is 11.8 Å². The maximum absolute atomic E-state index is 13.6. The minimum Gasteiger partial charge on any atom is -0.395 e. The Morgan fingerprint density at radius 3 is 2.53 bits per heavy atom. The third-order valence-electron chi connectivity index (χ3n) is 4.04. The lowest BCUT2D eigenvalue weighted by molar-refractivity contribution is -0.137. The molecule has 2 aromatic carbocycles. The predicted molar refractivity (Wildman–Crippen MR) is 108 cm³/mol. The molecular formula is C20H17F2N3O4S. The summed E-state index contributed by atoms with van der Waals surface area (Å²) < 4.78 is 26.7. The molecular weight excluding hydrogens is 416 g/mol. The SMILES string of the molecule is O=C(CSc1ccc(NC2=CC(=O)N(CCO)C2=O)cc1)Nc1cc(F)ccc1F. The molecule has 0 unspecified atom stereocenters. The topological polar surface area (TPSA) is 98.7 Å². The van der Waals surface area contributed by atoms with Gasteiger partial charge in [0.05, 0.1) is 24.6 Å². The van der Waals surface area contributed by atoms with Crippen molar-refractivity contribution in [3.05, 3.63) is 65.9 Å². The second-order valence-corrected chi connectivity index (χ2v) is 7.24. The minimum atomic E-state index is -0.725. The second kappa shape index (κ2) is 9.51. The van der Waals surface area contributed by atoms with Crippen LogP contribution in [0.3, 0.4) is 0 Å². The molecule has 30 heavy (non-hydrogen) atoms. The predicted octanol–water partition coefficient (Wildman–Crippen LogP) is 2.35. The number of nitrogens with one attached hydrogen (secondary N) is 2. The number of thioether (sulfide) groups is 1. The average molecular weight is 433 g/mol. The number of aliphatic hydroxyl groups excluding tert-OH is 1. The highest BCUT2D eigenvalue weighted by Gasteiger charge is 2.30. The van der Waals surface area contributed by atoms with Gasteiger partial charge in [0.1, 0.15) is 17.3 Å². The number of rotatable bonds is 8. The number of carbonyl (C=O) groups is 3. The van der Waals surface area contributed by atoms with Gasteiger partial charge in [0.2, 0.25) is 5.91 Å². The Morgan fingerprint density at radius 2 is 1.83 bits per heavy atom. The fourth-order valence-electron chi connectivity index (χ4n) is 2.63. The number of hydrogen-bond acceptors (Lipinski definition) is 6. The van der Waals surface area contributed by atoms with Crippen LogP contribution in [0.5, 0.6) is 0 Å². The first-order chi connectivity index (χ1) is 14.4. The van der Waals surface area contributed by atoms with Gasteiger partial charge in [-0.15, -0.1) is 11.8 Å². The van der Waals surface area contributed by atoms with Gasteiger partial charge < -0.3 is 15.7 Å². The maximum atomic E-state index is 13.6. The largest absolute Gasteiger partial charge is 0.395 e. The summed E-state index contributed by atoms with van der Waals surface area (Å²) in [6, 6.07) is 9.55. The van der Waals surface area contributed by atoms with Crippen LogP contribution in [0.2, 0.25) is 0 Å². The summed E-state index contributed by atoms with van der Waals surface area (Å²) in [5.74, 6) is -2.90. The molecule has 0 atom stereocenters. The van der Waals surface area contributed by atoms with Gasteiger partial charge in [0.15, 0.2) is 0 Å². The van der Waals surface area contributed by atoms with Crippen LogP contribution in [0, 0.1) is 11.6 Å². The van der Waals surface area contributed by atoms with E-state index in [0.29, 0.717) is 5.69 Å². The van der Waals surface area contributed by atoms with Crippen LogP contribution in [0.15, 0.2) is 59.1 Å². The van der Waals surface area contributed by atoms with Crippen molar-refractivity contribution in [1.29, 1.82) is 0 Å². The molecule has 2 aromatic rings. The highest BCUT2D eigenvalue weighted by Crippen LogP contribution is 2.23. The van der Waals surface area contributed by atoms with Crippen LogP contribution in [0.1, 0.15) is 0 Å². The van der Waals surface area contributed by atoms with Crippen molar-refractivity contribution in [1.82, 2.24) is 4.90 Å². The number of anilines is 2. The molecule has 156 valence electrons. The molecule has 0 saturated heterocycles. The first-order valence-corrected chi connectivity index (χ1v) is 9.79. The Hall–Kier alpha value is -3.24. The van der Waals surface area contributed by atoms with Gasteiger partial charge in [-0.1, -0.05) is 0 Å². The van der Waals surface area contributed by atoms with Gasteiger partial charge in [-0.25, -0.2) is 8.78 Å². The van der Waals surface area contributed by atoms with Crippen molar-refractivity contribution in [2.24, 2.45) is 0 Å². The molecule has 3 amide bonds. The van der Waals surface area contributed by atoms with Gasteiger partial charge in [-0.2, -0.15) is 0 Å². The summed E-state index contributed by atoms with van der Waals surface area (Å²) in [6.07, 6.45) is 1.16. The Labute approximate surface area is 174 Å². The highest BCUT2D eigenvalue weighted by molar-refractivity contribution is 8.00. The molecule has 1 heterocycles. The number of hydrogen-bond donors (Lipinski definition) is 3. The smallest absolute Gasteiger partial charge is 0.277 e. The Kier molecular flexibility index (Phi) is 6.80. The Bertz CT molecular complexity index is 1010. The fraction of sp³-hybridized carbons (Fsp3) is 0.150. The lowest BCUT2D eigenvalue weighted by Gasteiger charge is -2.13. The molecule has 1 aliphatic heterocycles. The minimum absolute atomic E-state index is 0.0169. The van der Waals surface area contributed by atoms with Crippen LogP contribution in [-0.4, -0.2) is 46.6 Å². The number of halogens is 2. The number of carbonyl (C=O) groups excluding carboxylic acids is 3. The van der Waals surface area contributed by atoms with Crippen molar-refractivity contribution < 1.29 is 28.3 Å². The van der Waals surface area contributed by atoms with E-state index in [2.05, 4.69) is 10.6 Å². The van der Waals surface area contributed by atoms with Crippen LogP contribution in [0.25, 0.3) is 0 Å². The zero-order chi connectivity index (χ0) is 21.7. The number of β-amino-alcohol motifs (C(OH)–C–C–N with tert-alkyl or cyclic N) is 1. The Balaban J connectivity index is 1.53. The van der Waals surface area contributed by atoms with E-state index in [-0.39, 0.29) is 30.3 Å². The van der Waals surface area contributed by atoms with E-state index < -0.39 is 29.4 Å². The lowest BCUT2D eigenvalue weighted by Crippen LogP contribution is -2.34. The highest BCUT2D eigenvalue weighted by atomic mass is 32.2. The second-order valence-electron chi connectivity index (χ2n) is 6.19. The molecule has 0 spiro atoms. The van der Waals surface area contributed by atoms with E-state index in [0.717, 1.165) is 34.1 Å². The monoisotopic (exact) mass is 433 g/mol. The summed E-state index contributed by atoms with van der Waals surface area (Å²) in [4.78, 5) is 37.5. The number of amides is 3. The summed E-state index contributed by atoms with van der Waals surface area (Å²) in [5.41, 5.74) is 0.439. The fourth-order valence-corrected chi connectivity index (χ4v) is 3.33. The maximum Gasteiger partial charge on any atom is 0.277 e. The molecule has 3 N–H and O–H groups in total. The van der Waals surface area contributed by atoms with Crippen molar-refractivity contribution in [2.75, 3.05) is 29.5 Å². The summed E-state index contributed by atoms with van der Waals surface area (Å²) >= 11 is 1.19. The van der Waals surface area contributed by atoms with Crippen molar-refractivity contribution in [3.63, 3.8) is 0 Å². The molecule has 0 bridgehead atoms. The summed E-state index contributed by atoms with van der Waals surface area (Å²) in [6.45, 7) is -0.388. The van der Waals surface area contributed by atoms with Gasteiger partial charge in [0.25, 0.3) is 11.8 Å². The van der Waals surface area contributed by atoms with Crippen molar-refractivity contribution >= 4 is 40.9 Å². The van der Waals surface area contributed by atoms with Gasteiger partial charge in [0, 0.05) is 22.7 Å². The first kappa shape index (κ1) is 21.5. The molecule has 1 aliphatic rings. The van der Waals surface area contributed by atoms with Gasteiger partial charge >= 0.3 is 0 Å². The first-order valence-electron chi connectivity index (χ1n) is 8.80. The number of nitrogens with zero attached hydrogens (tertiary/aromatic N) is 1. The van der Waals surface area contributed by atoms with Gasteiger partial charge in [-0.3, -0.25) is 19.3 Å². The van der Waals surface area contributed by atoms with E-state index in [1.165, 1.54) is 11.8 Å². The standard InChI is InChI=1S/C20H17F2N3O4S/c21-12-1-6-15(22)16(9-12)24-18(27)11-30-14-4-2-13(3-5-14)23-17-10-19(28)25(7-8-26)20(17)29/h1-6,9-10,23,26H,7-8,11H2,(H,24,27). The quantitative estimate of drug-likeness (QED) is 0.437.